The van der Waals surface area contributed by atoms with E-state index in [9.17, 15) is 27.9 Å². The lowest BCUT2D eigenvalue weighted by Gasteiger charge is -2.26. The summed E-state index contributed by atoms with van der Waals surface area (Å²) in [6, 6.07) is 5.20. The summed E-state index contributed by atoms with van der Waals surface area (Å²) in [5, 5.41) is 12.1. The Kier molecular flexibility index (Phi) is 9.33. The van der Waals surface area contributed by atoms with Crippen LogP contribution in [0.3, 0.4) is 0 Å². The number of benzene rings is 1. The third kappa shape index (κ3) is 8.13. The van der Waals surface area contributed by atoms with Crippen molar-refractivity contribution in [2.75, 3.05) is 13.7 Å². The van der Waals surface area contributed by atoms with Crippen molar-refractivity contribution in [2.45, 2.75) is 58.0 Å². The van der Waals surface area contributed by atoms with Gasteiger partial charge in [0, 0.05) is 13.7 Å². The van der Waals surface area contributed by atoms with Crippen LogP contribution < -0.4 is 10.1 Å². The van der Waals surface area contributed by atoms with Gasteiger partial charge in [0.1, 0.15) is 22.7 Å². The fourth-order valence-corrected chi connectivity index (χ4v) is 4.29. The molecule has 1 aromatic carbocycles. The molecule has 0 unspecified atom stereocenters. The molecule has 0 saturated heterocycles. The van der Waals surface area contributed by atoms with E-state index in [1.807, 2.05) is 0 Å². The second-order valence-electron chi connectivity index (χ2n) is 9.59. The number of rotatable bonds is 8. The maximum atomic E-state index is 13.3. The number of aliphatic carboxylic acids is 1. The van der Waals surface area contributed by atoms with Crippen LogP contribution in [-0.4, -0.2) is 52.2 Å². The number of carboxylic acids is 1. The molecule has 38 heavy (non-hydrogen) atoms. The van der Waals surface area contributed by atoms with Crippen LogP contribution in [0.4, 0.5) is 13.2 Å². The van der Waals surface area contributed by atoms with Gasteiger partial charge in [-0.2, -0.15) is 0 Å². The van der Waals surface area contributed by atoms with E-state index in [-0.39, 0.29) is 40.8 Å². The lowest BCUT2D eigenvalue weighted by Crippen LogP contribution is -2.34. The maximum absolute atomic E-state index is 13.3. The number of carbonyl (C=O) groups excluding carboxylic acids is 1. The van der Waals surface area contributed by atoms with Crippen molar-refractivity contribution in [3.05, 3.63) is 46.5 Å². The number of nitrogens with zero attached hydrogens (tertiary/aromatic N) is 2. The lowest BCUT2D eigenvalue weighted by atomic mass is 9.82. The molecule has 1 aliphatic rings. The molecular formula is C26H29ClF3N3O5. The lowest BCUT2D eigenvalue weighted by molar-refractivity contribution is -0.274. The number of hydrogen-bond acceptors (Lipinski definition) is 5. The quantitative estimate of drug-likeness (QED) is 0.450. The number of alkyl halides is 3. The van der Waals surface area contributed by atoms with E-state index >= 15 is 0 Å². The Morgan fingerprint density at radius 2 is 1.82 bits per heavy atom. The normalized spacial score (nSPS) is 17.9. The number of halogens is 4. The highest BCUT2D eigenvalue weighted by molar-refractivity contribution is 6.29. The summed E-state index contributed by atoms with van der Waals surface area (Å²) in [4.78, 5) is 28.8. The van der Waals surface area contributed by atoms with Gasteiger partial charge in [-0.1, -0.05) is 18.1 Å². The zero-order valence-electron chi connectivity index (χ0n) is 21.2. The first-order valence-electron chi connectivity index (χ1n) is 12.0. The summed E-state index contributed by atoms with van der Waals surface area (Å²) < 4.78 is 48.1. The van der Waals surface area contributed by atoms with E-state index in [0.717, 1.165) is 0 Å². The largest absolute Gasteiger partial charge is 0.573 e. The Morgan fingerprint density at radius 3 is 2.37 bits per heavy atom. The third-order valence-electron chi connectivity index (χ3n) is 6.37. The van der Waals surface area contributed by atoms with Crippen molar-refractivity contribution in [3.63, 3.8) is 0 Å². The third-order valence-corrected chi connectivity index (χ3v) is 6.66. The molecule has 1 aromatic heterocycles. The van der Waals surface area contributed by atoms with Gasteiger partial charge in [0.15, 0.2) is 0 Å². The molecule has 0 spiro atoms. The first-order valence-corrected chi connectivity index (χ1v) is 12.4. The van der Waals surface area contributed by atoms with Gasteiger partial charge >= 0.3 is 12.3 Å². The Labute approximate surface area is 223 Å². The molecule has 0 atom stereocenters. The number of methoxy groups -OCH3 is 1. The summed E-state index contributed by atoms with van der Waals surface area (Å²) >= 11 is 6.38. The number of nitrogens with one attached hydrogen (secondary N) is 1. The molecule has 1 amide bonds. The van der Waals surface area contributed by atoms with Gasteiger partial charge < -0.3 is 24.5 Å². The monoisotopic (exact) mass is 555 g/mol. The molecule has 1 heterocycles. The number of hydrogen-bond donors (Lipinski definition) is 2. The van der Waals surface area contributed by atoms with Crippen LogP contribution in [0, 0.1) is 23.7 Å². The molecule has 1 saturated carbocycles. The zero-order valence-corrected chi connectivity index (χ0v) is 21.9. The summed E-state index contributed by atoms with van der Waals surface area (Å²) in [6.07, 6.45) is -2.35. The van der Waals surface area contributed by atoms with Crippen LogP contribution >= 0.6 is 11.6 Å². The van der Waals surface area contributed by atoms with E-state index < -0.39 is 23.8 Å². The molecule has 1 fully saturated rings. The molecule has 0 radical (unpaired) electrons. The molecule has 3 rings (SSSR count). The van der Waals surface area contributed by atoms with E-state index in [4.69, 9.17) is 16.3 Å². The van der Waals surface area contributed by atoms with Crippen LogP contribution in [0.5, 0.6) is 5.75 Å². The van der Waals surface area contributed by atoms with Crippen molar-refractivity contribution < 1.29 is 37.3 Å². The van der Waals surface area contributed by atoms with E-state index in [1.165, 1.54) is 35.9 Å². The maximum Gasteiger partial charge on any atom is 0.573 e. The highest BCUT2D eigenvalue weighted by atomic mass is 35.5. The topological polar surface area (TPSA) is 103 Å². The van der Waals surface area contributed by atoms with Gasteiger partial charge in [0.05, 0.1) is 12.5 Å². The number of ether oxygens (including phenoxy) is 2. The number of imidazole rings is 1. The number of carbonyl (C=O) groups is 2. The highest BCUT2D eigenvalue weighted by Crippen LogP contribution is 2.29. The zero-order chi connectivity index (χ0) is 28.1. The van der Waals surface area contributed by atoms with Crippen molar-refractivity contribution in [1.29, 1.82) is 0 Å². The Bertz CT molecular complexity index is 1210. The molecule has 206 valence electrons. The standard InChI is InChI=1S/C26H29ClF3N3O5/c1-25(2,37-3)13-12-20-21(22(34)31-14-16-4-8-18(9-5-16)23(35)36)33(24(27)32-20)15-17-6-10-19(11-7-17)38-26(28,29)30/h6-7,10-11,16,18H,4-5,8-9,14-15H2,1-3H3,(H,31,34)(H,35,36)/t16-,18-. The minimum atomic E-state index is -4.81. The van der Waals surface area contributed by atoms with Crippen LogP contribution in [0.15, 0.2) is 24.3 Å². The summed E-state index contributed by atoms with van der Waals surface area (Å²) in [6.45, 7) is 3.88. The number of aromatic nitrogens is 2. The molecular weight excluding hydrogens is 527 g/mol. The summed E-state index contributed by atoms with van der Waals surface area (Å²) in [7, 11) is 1.50. The fraction of sp³-hybridized carbons (Fsp3) is 0.500. The van der Waals surface area contributed by atoms with Gasteiger partial charge in [0.25, 0.3) is 5.91 Å². The molecule has 12 heteroatoms. The average molecular weight is 556 g/mol. The highest BCUT2D eigenvalue weighted by Gasteiger charge is 2.31. The Balaban J connectivity index is 1.84. The molecule has 2 N–H and O–H groups in total. The van der Waals surface area contributed by atoms with Crippen molar-refractivity contribution in [3.8, 4) is 17.6 Å². The van der Waals surface area contributed by atoms with Gasteiger partial charge in [-0.25, -0.2) is 4.98 Å². The van der Waals surface area contributed by atoms with Crippen molar-refractivity contribution >= 4 is 23.5 Å². The van der Waals surface area contributed by atoms with Gasteiger partial charge in [-0.3, -0.25) is 9.59 Å². The van der Waals surface area contributed by atoms with Gasteiger partial charge in [-0.15, -0.1) is 13.2 Å². The molecule has 2 aromatic rings. The second kappa shape index (κ2) is 12.1. The smallest absolute Gasteiger partial charge is 0.481 e. The van der Waals surface area contributed by atoms with E-state index in [0.29, 0.717) is 37.8 Å². The number of amides is 1. The number of carboxylic acid groups (broad SMARTS) is 1. The predicted octanol–water partition coefficient (Wildman–Crippen LogP) is 4.88. The molecule has 1 aliphatic carbocycles. The summed E-state index contributed by atoms with van der Waals surface area (Å²) in [5.74, 6) is 3.90. The predicted molar refractivity (Wildman–Crippen MR) is 133 cm³/mol. The van der Waals surface area contributed by atoms with Crippen LogP contribution in [0.2, 0.25) is 5.28 Å². The van der Waals surface area contributed by atoms with Crippen LogP contribution in [0.1, 0.15) is 61.3 Å². The average Bonchev–Trinajstić information content (AvgIpc) is 3.16. The molecule has 0 bridgehead atoms. The first kappa shape index (κ1) is 29.3. The van der Waals surface area contributed by atoms with Gasteiger partial charge in [-0.05, 0) is 80.7 Å². The molecule has 8 nitrogen and oxygen atoms in total. The first-order chi connectivity index (χ1) is 17.8. The Morgan fingerprint density at radius 1 is 1.18 bits per heavy atom. The summed E-state index contributed by atoms with van der Waals surface area (Å²) in [5.41, 5.74) is -0.0359. The SMILES string of the molecule is COC(C)(C)C#Cc1nc(Cl)n(Cc2ccc(OC(F)(F)F)cc2)c1C(=O)NC[C@H]1CC[C@H](C(=O)O)CC1. The van der Waals surface area contributed by atoms with Gasteiger partial charge in [0.2, 0.25) is 5.28 Å². The van der Waals surface area contributed by atoms with E-state index in [1.54, 1.807) is 13.8 Å². The van der Waals surface area contributed by atoms with Crippen LogP contribution in [0.25, 0.3) is 0 Å². The fourth-order valence-electron chi connectivity index (χ4n) is 4.06. The second-order valence-corrected chi connectivity index (χ2v) is 9.92. The van der Waals surface area contributed by atoms with Crippen molar-refractivity contribution in [1.82, 2.24) is 14.9 Å². The van der Waals surface area contributed by atoms with Crippen molar-refractivity contribution in [2.24, 2.45) is 11.8 Å². The minimum Gasteiger partial charge on any atom is -0.481 e. The molecule has 0 aliphatic heterocycles. The van der Waals surface area contributed by atoms with Crippen LogP contribution in [-0.2, 0) is 16.1 Å². The Hall–Kier alpha value is -3.23. The minimum absolute atomic E-state index is 0.0211. The van der Waals surface area contributed by atoms with E-state index in [2.05, 4.69) is 26.9 Å².